The van der Waals surface area contributed by atoms with Crippen LogP contribution in [0, 0.1) is 6.92 Å². The average molecular weight is 466 g/mol. The van der Waals surface area contributed by atoms with Gasteiger partial charge in [0.25, 0.3) is 17.5 Å². The number of pyridine rings is 1. The fourth-order valence-electron chi connectivity index (χ4n) is 3.49. The van der Waals surface area contributed by atoms with Gasteiger partial charge in [0.15, 0.2) is 0 Å². The maximum absolute atomic E-state index is 13.7. The molecule has 0 atom stereocenters. The largest absolute Gasteiger partial charge is 0.418 e. The summed E-state index contributed by atoms with van der Waals surface area (Å²) < 4.78 is 11.2. The zero-order valence-electron chi connectivity index (χ0n) is 17.4. The first-order chi connectivity index (χ1) is 15.6. The van der Waals surface area contributed by atoms with Crippen LogP contribution in [0.2, 0.25) is 0 Å². The molecular weight excluding hydrogens is 446 g/mol. The molecule has 0 unspecified atom stereocenters. The highest BCUT2D eigenvalue weighted by Gasteiger charge is 2.25. The third kappa shape index (κ3) is 3.82. The van der Waals surface area contributed by atoms with Gasteiger partial charge in [0, 0.05) is 6.54 Å². The summed E-state index contributed by atoms with van der Waals surface area (Å²) in [5.74, 6) is 0.695. The second-order valence-electron chi connectivity index (χ2n) is 7.19. The van der Waals surface area contributed by atoms with E-state index in [1.165, 1.54) is 11.3 Å². The van der Waals surface area contributed by atoms with Crippen LogP contribution in [0.3, 0.4) is 0 Å². The molecule has 5 rings (SSSR count). The van der Waals surface area contributed by atoms with Gasteiger partial charge >= 0.3 is 0 Å². The Bertz CT molecular complexity index is 1360. The van der Waals surface area contributed by atoms with Crippen LogP contribution < -0.4 is 0 Å². The molecule has 0 radical (unpaired) electrons. The Morgan fingerprint density at radius 1 is 1.12 bits per heavy atom. The molecule has 0 saturated heterocycles. The van der Waals surface area contributed by atoms with Crippen LogP contribution in [-0.4, -0.2) is 37.7 Å². The molecule has 5 aromatic rings. The van der Waals surface area contributed by atoms with Crippen LogP contribution in [0.5, 0.6) is 0 Å². The van der Waals surface area contributed by atoms with Crippen molar-refractivity contribution in [2.24, 2.45) is 0 Å². The molecule has 162 valence electrons. The van der Waals surface area contributed by atoms with Crippen molar-refractivity contribution >= 4 is 39.7 Å². The minimum Gasteiger partial charge on any atom is -0.418 e. The zero-order chi connectivity index (χ0) is 22.1. The van der Waals surface area contributed by atoms with Gasteiger partial charge in [0.05, 0.1) is 38.6 Å². The fourth-order valence-corrected chi connectivity index (χ4v) is 4.82. The molecule has 0 aromatic carbocycles. The van der Waals surface area contributed by atoms with Crippen molar-refractivity contribution in [3.05, 3.63) is 58.2 Å². The van der Waals surface area contributed by atoms with Crippen molar-refractivity contribution in [1.29, 1.82) is 0 Å². The summed E-state index contributed by atoms with van der Waals surface area (Å²) in [5, 5.41) is 16.9. The van der Waals surface area contributed by atoms with Gasteiger partial charge in [-0.1, -0.05) is 24.2 Å². The second kappa shape index (κ2) is 8.64. The molecule has 10 heteroatoms. The Labute approximate surface area is 191 Å². The first kappa shape index (κ1) is 20.5. The summed E-state index contributed by atoms with van der Waals surface area (Å²) in [6, 6.07) is 9.57. The van der Waals surface area contributed by atoms with Gasteiger partial charge in [-0.15, -0.1) is 32.9 Å². The van der Waals surface area contributed by atoms with E-state index in [9.17, 15) is 4.79 Å². The van der Waals surface area contributed by atoms with Gasteiger partial charge in [-0.05, 0) is 42.3 Å². The van der Waals surface area contributed by atoms with E-state index in [1.807, 2.05) is 54.9 Å². The van der Waals surface area contributed by atoms with Gasteiger partial charge < -0.3 is 13.8 Å². The summed E-state index contributed by atoms with van der Waals surface area (Å²) in [6.07, 6.45) is 0.784. The van der Waals surface area contributed by atoms with Crippen LogP contribution in [0.4, 0.5) is 0 Å². The lowest BCUT2D eigenvalue weighted by Crippen LogP contribution is -2.31. The van der Waals surface area contributed by atoms with Crippen molar-refractivity contribution in [3.8, 4) is 21.3 Å². The van der Waals surface area contributed by atoms with Crippen molar-refractivity contribution in [3.63, 3.8) is 0 Å². The van der Waals surface area contributed by atoms with Gasteiger partial charge in [-0.25, -0.2) is 4.98 Å². The van der Waals surface area contributed by atoms with Gasteiger partial charge in [0.2, 0.25) is 5.89 Å². The lowest BCUT2D eigenvalue weighted by atomic mass is 10.1. The SMILES string of the molecule is CCCN(Cc1nnc(-c2cccs2)o1)C(=O)c1cc(-c2cccs2)nc2onc(C)c12. The summed E-state index contributed by atoms with van der Waals surface area (Å²) in [7, 11) is 0. The number of aromatic nitrogens is 4. The maximum Gasteiger partial charge on any atom is 0.259 e. The minimum atomic E-state index is -0.153. The Hall–Kier alpha value is -3.37. The maximum atomic E-state index is 13.7. The number of thiophene rings is 2. The highest BCUT2D eigenvalue weighted by atomic mass is 32.1. The third-order valence-electron chi connectivity index (χ3n) is 4.93. The van der Waals surface area contributed by atoms with E-state index in [0.717, 1.165) is 16.2 Å². The number of rotatable bonds is 7. The Kier molecular flexibility index (Phi) is 5.54. The molecule has 0 aliphatic carbocycles. The van der Waals surface area contributed by atoms with E-state index in [1.54, 1.807) is 16.2 Å². The van der Waals surface area contributed by atoms with Crippen molar-refractivity contribution in [2.45, 2.75) is 26.8 Å². The van der Waals surface area contributed by atoms with E-state index >= 15 is 0 Å². The third-order valence-corrected chi connectivity index (χ3v) is 6.68. The van der Waals surface area contributed by atoms with Gasteiger partial charge in [0.1, 0.15) is 0 Å². The standard InChI is InChI=1S/C22H19N5O3S2/c1-3-8-27(12-18-24-25-20(29-18)17-7-5-10-32-17)22(28)14-11-15(16-6-4-9-31-16)23-21-19(14)13(2)26-30-21/h4-7,9-11H,3,8,12H2,1-2H3. The van der Waals surface area contributed by atoms with Gasteiger partial charge in [-0.2, -0.15) is 0 Å². The first-order valence-corrected chi connectivity index (χ1v) is 11.9. The Balaban J connectivity index is 1.51. The summed E-state index contributed by atoms with van der Waals surface area (Å²) in [5.41, 5.74) is 2.17. The minimum absolute atomic E-state index is 0.153. The smallest absolute Gasteiger partial charge is 0.259 e. The highest BCUT2D eigenvalue weighted by Crippen LogP contribution is 2.30. The van der Waals surface area contributed by atoms with E-state index < -0.39 is 0 Å². The molecule has 0 aliphatic heterocycles. The molecule has 0 aliphatic rings. The number of nitrogens with zero attached hydrogens (tertiary/aromatic N) is 5. The highest BCUT2D eigenvalue weighted by molar-refractivity contribution is 7.13. The van der Waals surface area contributed by atoms with Crippen molar-refractivity contribution in [2.75, 3.05) is 6.54 Å². The van der Waals surface area contributed by atoms with Crippen molar-refractivity contribution < 1.29 is 13.7 Å². The van der Waals surface area contributed by atoms with Crippen LogP contribution in [-0.2, 0) is 6.54 Å². The molecule has 0 spiro atoms. The van der Waals surface area contributed by atoms with E-state index in [2.05, 4.69) is 20.3 Å². The van der Waals surface area contributed by atoms with Gasteiger partial charge in [-0.3, -0.25) is 4.79 Å². The number of hydrogen-bond donors (Lipinski definition) is 0. The molecule has 5 aromatic heterocycles. The molecule has 0 saturated carbocycles. The molecule has 0 N–H and O–H groups in total. The average Bonchev–Trinajstić information content (AvgIpc) is 3.60. The quantitative estimate of drug-likeness (QED) is 0.316. The Morgan fingerprint density at radius 2 is 1.91 bits per heavy atom. The molecule has 1 amide bonds. The number of aryl methyl sites for hydroxylation is 1. The van der Waals surface area contributed by atoms with Crippen LogP contribution in [0.1, 0.15) is 35.3 Å². The lowest BCUT2D eigenvalue weighted by Gasteiger charge is -2.21. The fraction of sp³-hybridized carbons (Fsp3) is 0.227. The predicted molar refractivity (Wildman–Crippen MR) is 122 cm³/mol. The predicted octanol–water partition coefficient (Wildman–Crippen LogP) is 5.42. The Morgan fingerprint density at radius 3 is 2.62 bits per heavy atom. The first-order valence-electron chi connectivity index (χ1n) is 10.1. The second-order valence-corrected chi connectivity index (χ2v) is 9.08. The number of fused-ring (bicyclic) bond motifs is 1. The normalized spacial score (nSPS) is 11.3. The molecule has 0 bridgehead atoms. The number of carbonyl (C=O) groups is 1. The topological polar surface area (TPSA) is 98.2 Å². The molecule has 32 heavy (non-hydrogen) atoms. The summed E-state index contributed by atoms with van der Waals surface area (Å²) in [6.45, 7) is 4.59. The molecule has 8 nitrogen and oxygen atoms in total. The van der Waals surface area contributed by atoms with Crippen LogP contribution >= 0.6 is 22.7 Å². The lowest BCUT2D eigenvalue weighted by molar-refractivity contribution is 0.0730. The van der Waals surface area contributed by atoms with Crippen LogP contribution in [0.15, 0.2) is 50.0 Å². The number of carbonyl (C=O) groups excluding carboxylic acids is 1. The van der Waals surface area contributed by atoms with Crippen molar-refractivity contribution in [1.82, 2.24) is 25.2 Å². The van der Waals surface area contributed by atoms with Crippen LogP contribution in [0.25, 0.3) is 32.4 Å². The molecular formula is C22H19N5O3S2. The number of amides is 1. The summed E-state index contributed by atoms with van der Waals surface area (Å²) >= 11 is 3.08. The van der Waals surface area contributed by atoms with E-state index in [-0.39, 0.29) is 12.5 Å². The van der Waals surface area contributed by atoms with E-state index in [0.29, 0.717) is 46.4 Å². The molecule has 5 heterocycles. The zero-order valence-corrected chi connectivity index (χ0v) is 19.1. The summed E-state index contributed by atoms with van der Waals surface area (Å²) in [4.78, 5) is 21.8. The monoisotopic (exact) mass is 465 g/mol. The molecule has 0 fully saturated rings. The van der Waals surface area contributed by atoms with E-state index in [4.69, 9.17) is 8.94 Å². The number of hydrogen-bond acceptors (Lipinski definition) is 9.